The summed E-state index contributed by atoms with van der Waals surface area (Å²) in [6.07, 6.45) is 1.62. The summed E-state index contributed by atoms with van der Waals surface area (Å²) in [6.45, 7) is 5.18. The van der Waals surface area contributed by atoms with Crippen LogP contribution in [-0.4, -0.2) is 44.1 Å². The molecule has 0 spiro atoms. The number of hydrogen-bond acceptors (Lipinski definition) is 5. The summed E-state index contributed by atoms with van der Waals surface area (Å²) in [4.78, 5) is 16.9. The highest BCUT2D eigenvalue weighted by molar-refractivity contribution is 6.31. The van der Waals surface area contributed by atoms with Gasteiger partial charge in [0, 0.05) is 43.1 Å². The van der Waals surface area contributed by atoms with Crippen molar-refractivity contribution in [3.05, 3.63) is 64.8 Å². The van der Waals surface area contributed by atoms with Crippen LogP contribution in [0.1, 0.15) is 5.56 Å². The number of aryl methyl sites for hydroxylation is 1. The number of benzene rings is 2. The molecular formula is C22H23ClN4O2. The van der Waals surface area contributed by atoms with Gasteiger partial charge in [-0.15, -0.1) is 0 Å². The van der Waals surface area contributed by atoms with E-state index in [9.17, 15) is 10.1 Å². The number of carbonyl (C=O) groups excluding carboxylic acids is 1. The Hall–Kier alpha value is -3.17. The van der Waals surface area contributed by atoms with Gasteiger partial charge in [0.25, 0.3) is 5.91 Å². The Morgan fingerprint density at radius 2 is 1.97 bits per heavy atom. The number of nitrogens with one attached hydrogen (secondary N) is 1. The second kappa shape index (κ2) is 9.35. The second-order valence-corrected chi connectivity index (χ2v) is 7.25. The maximum Gasteiger partial charge on any atom is 0.267 e. The predicted octanol–water partition coefficient (Wildman–Crippen LogP) is 3.83. The third-order valence-corrected chi connectivity index (χ3v) is 5.00. The molecule has 0 bridgehead atoms. The molecule has 2 aromatic carbocycles. The zero-order valence-electron chi connectivity index (χ0n) is 16.5. The lowest BCUT2D eigenvalue weighted by atomic mass is 10.2. The van der Waals surface area contributed by atoms with Crippen LogP contribution in [0.15, 0.2) is 54.2 Å². The molecule has 1 N–H and O–H groups in total. The molecule has 3 rings (SSSR count). The molecule has 1 saturated heterocycles. The monoisotopic (exact) mass is 410 g/mol. The summed E-state index contributed by atoms with van der Waals surface area (Å²) in [5, 5.41) is 12.6. The number of rotatable bonds is 5. The van der Waals surface area contributed by atoms with Crippen LogP contribution >= 0.6 is 11.6 Å². The zero-order valence-corrected chi connectivity index (χ0v) is 17.2. The molecule has 1 fully saturated rings. The van der Waals surface area contributed by atoms with E-state index in [0.717, 1.165) is 26.2 Å². The van der Waals surface area contributed by atoms with E-state index in [1.807, 2.05) is 11.0 Å². The van der Waals surface area contributed by atoms with E-state index in [4.69, 9.17) is 16.3 Å². The number of methoxy groups -OCH3 is 1. The third kappa shape index (κ3) is 5.21. The van der Waals surface area contributed by atoms with Crippen molar-refractivity contribution in [1.82, 2.24) is 4.90 Å². The normalized spacial score (nSPS) is 14.3. The fraction of sp³-hybridized carbons (Fsp3) is 0.273. The van der Waals surface area contributed by atoms with Gasteiger partial charge < -0.3 is 19.9 Å². The highest BCUT2D eigenvalue weighted by Gasteiger charge is 2.18. The summed E-state index contributed by atoms with van der Waals surface area (Å²) in [5.41, 5.74) is 2.89. The van der Waals surface area contributed by atoms with Gasteiger partial charge in [-0.3, -0.25) is 4.79 Å². The van der Waals surface area contributed by atoms with Crippen molar-refractivity contribution in [3.63, 3.8) is 0 Å². The number of ether oxygens (including phenoxy) is 1. The smallest absolute Gasteiger partial charge is 0.267 e. The zero-order chi connectivity index (χ0) is 20.8. The van der Waals surface area contributed by atoms with E-state index in [0.29, 0.717) is 16.5 Å². The molecule has 7 heteroatoms. The van der Waals surface area contributed by atoms with E-state index in [1.165, 1.54) is 18.4 Å². The molecule has 1 aliphatic heterocycles. The van der Waals surface area contributed by atoms with Crippen LogP contribution in [0.5, 0.6) is 5.75 Å². The van der Waals surface area contributed by atoms with Crippen molar-refractivity contribution in [1.29, 1.82) is 5.26 Å². The van der Waals surface area contributed by atoms with Crippen LogP contribution in [0.2, 0.25) is 5.02 Å². The van der Waals surface area contributed by atoms with Gasteiger partial charge in [-0.05, 0) is 42.8 Å². The van der Waals surface area contributed by atoms with E-state index < -0.39 is 5.91 Å². The summed E-state index contributed by atoms with van der Waals surface area (Å²) in [7, 11) is 1.51. The van der Waals surface area contributed by atoms with Crippen molar-refractivity contribution in [2.24, 2.45) is 0 Å². The van der Waals surface area contributed by atoms with Crippen molar-refractivity contribution in [3.8, 4) is 11.8 Å². The Morgan fingerprint density at radius 3 is 2.62 bits per heavy atom. The molecule has 0 saturated carbocycles. The predicted molar refractivity (Wildman–Crippen MR) is 115 cm³/mol. The minimum atomic E-state index is -0.491. The Morgan fingerprint density at radius 1 is 1.21 bits per heavy atom. The lowest BCUT2D eigenvalue weighted by Crippen LogP contribution is -2.44. The van der Waals surface area contributed by atoms with Gasteiger partial charge in [0.2, 0.25) is 0 Å². The van der Waals surface area contributed by atoms with E-state index in [1.54, 1.807) is 24.4 Å². The van der Waals surface area contributed by atoms with Gasteiger partial charge in [-0.1, -0.05) is 23.7 Å². The van der Waals surface area contributed by atoms with Gasteiger partial charge in [0.15, 0.2) is 0 Å². The maximum atomic E-state index is 12.6. The first-order valence-electron chi connectivity index (χ1n) is 9.32. The number of amides is 1. The molecule has 0 aromatic heterocycles. The van der Waals surface area contributed by atoms with Crippen LogP contribution in [-0.2, 0) is 4.79 Å². The molecule has 0 atom stereocenters. The fourth-order valence-corrected chi connectivity index (χ4v) is 3.39. The van der Waals surface area contributed by atoms with Gasteiger partial charge >= 0.3 is 0 Å². The molecule has 1 heterocycles. The second-order valence-electron chi connectivity index (χ2n) is 6.82. The SMILES string of the molecule is COc1ccc(Cl)cc1NC(=O)/C(C#N)=C\N1CCN(c2cccc(C)c2)CC1. The minimum Gasteiger partial charge on any atom is -0.495 e. The van der Waals surface area contributed by atoms with Crippen molar-refractivity contribution >= 4 is 28.9 Å². The van der Waals surface area contributed by atoms with Crippen molar-refractivity contribution in [2.75, 3.05) is 43.5 Å². The number of halogens is 1. The summed E-state index contributed by atoms with van der Waals surface area (Å²) in [6, 6.07) is 15.3. The summed E-state index contributed by atoms with van der Waals surface area (Å²) < 4.78 is 5.24. The van der Waals surface area contributed by atoms with Crippen LogP contribution in [0, 0.1) is 18.3 Å². The van der Waals surface area contributed by atoms with E-state index >= 15 is 0 Å². The third-order valence-electron chi connectivity index (χ3n) is 4.77. The number of anilines is 2. The standard InChI is InChI=1S/C22H23ClN4O2/c1-16-4-3-5-19(12-16)27-10-8-26(9-11-27)15-17(14-24)22(28)25-20-13-18(23)6-7-21(20)29-2/h3-7,12-13,15H,8-11H2,1-2H3,(H,25,28)/b17-15-. The van der Waals surface area contributed by atoms with Crippen LogP contribution in [0.4, 0.5) is 11.4 Å². The average molecular weight is 411 g/mol. The lowest BCUT2D eigenvalue weighted by molar-refractivity contribution is -0.112. The minimum absolute atomic E-state index is 0.0380. The Labute approximate surface area is 175 Å². The van der Waals surface area contributed by atoms with E-state index in [2.05, 4.69) is 41.4 Å². The molecule has 2 aromatic rings. The first-order valence-corrected chi connectivity index (χ1v) is 9.70. The number of piperazine rings is 1. The van der Waals surface area contributed by atoms with Gasteiger partial charge in [-0.2, -0.15) is 5.26 Å². The van der Waals surface area contributed by atoms with Crippen LogP contribution in [0.3, 0.4) is 0 Å². The van der Waals surface area contributed by atoms with Gasteiger partial charge in [0.1, 0.15) is 17.4 Å². The number of hydrogen-bond donors (Lipinski definition) is 1. The van der Waals surface area contributed by atoms with Crippen molar-refractivity contribution < 1.29 is 9.53 Å². The van der Waals surface area contributed by atoms with Crippen LogP contribution < -0.4 is 15.0 Å². The first-order chi connectivity index (χ1) is 14.0. The summed E-state index contributed by atoms with van der Waals surface area (Å²) in [5.74, 6) is -0.0130. The molecule has 1 amide bonds. The van der Waals surface area contributed by atoms with Crippen LogP contribution in [0.25, 0.3) is 0 Å². The molecule has 1 aliphatic rings. The topological polar surface area (TPSA) is 68.6 Å². The number of nitrogens with zero attached hydrogens (tertiary/aromatic N) is 3. The molecule has 6 nitrogen and oxygen atoms in total. The molecule has 29 heavy (non-hydrogen) atoms. The first kappa shape index (κ1) is 20.6. The molecule has 0 unspecified atom stereocenters. The highest BCUT2D eigenvalue weighted by atomic mass is 35.5. The van der Waals surface area contributed by atoms with Gasteiger partial charge in [0.05, 0.1) is 12.8 Å². The van der Waals surface area contributed by atoms with Gasteiger partial charge in [-0.25, -0.2) is 0 Å². The highest BCUT2D eigenvalue weighted by Crippen LogP contribution is 2.28. The average Bonchev–Trinajstić information content (AvgIpc) is 2.72. The largest absolute Gasteiger partial charge is 0.495 e. The Bertz CT molecular complexity index is 960. The molecule has 0 radical (unpaired) electrons. The van der Waals surface area contributed by atoms with Crippen molar-refractivity contribution in [2.45, 2.75) is 6.92 Å². The summed E-state index contributed by atoms with van der Waals surface area (Å²) >= 11 is 6.00. The molecule has 150 valence electrons. The Kier molecular flexibility index (Phi) is 6.63. The fourth-order valence-electron chi connectivity index (χ4n) is 3.22. The molecule has 0 aliphatic carbocycles. The Balaban J connectivity index is 1.65. The quantitative estimate of drug-likeness (QED) is 0.599. The maximum absolute atomic E-state index is 12.6. The molecular weight excluding hydrogens is 388 g/mol. The van der Waals surface area contributed by atoms with E-state index in [-0.39, 0.29) is 5.57 Å². The number of nitriles is 1. The lowest BCUT2D eigenvalue weighted by Gasteiger charge is -2.35. The number of carbonyl (C=O) groups is 1.